The molecule has 3 atom stereocenters. The fourth-order valence-corrected chi connectivity index (χ4v) is 3.17. The van der Waals surface area contributed by atoms with Crippen molar-refractivity contribution in [2.75, 3.05) is 0 Å². The van der Waals surface area contributed by atoms with E-state index in [0.29, 0.717) is 5.92 Å². The molecule has 0 aromatic rings. The number of hydrogen-bond acceptors (Lipinski definition) is 3. The maximum Gasteiger partial charge on any atom is 0.320 e. The molecule has 0 N–H and O–H groups in total. The number of hydrogen-bond donors (Lipinski definition) is 0. The lowest BCUT2D eigenvalue weighted by molar-refractivity contribution is -0.155. The molecule has 0 aromatic heterocycles. The van der Waals surface area contributed by atoms with Crippen LogP contribution in [0.1, 0.15) is 25.7 Å². The van der Waals surface area contributed by atoms with Gasteiger partial charge in [-0.25, -0.2) is 0 Å². The lowest BCUT2D eigenvalue weighted by Crippen LogP contribution is -2.28. The highest BCUT2D eigenvalue weighted by atomic mass is 16.6. The van der Waals surface area contributed by atoms with Gasteiger partial charge in [0.15, 0.2) is 0 Å². The quantitative estimate of drug-likeness (QED) is 0.396. The summed E-state index contributed by atoms with van der Waals surface area (Å²) in [6, 6.07) is 0. The van der Waals surface area contributed by atoms with Gasteiger partial charge in [-0.05, 0) is 31.6 Å². The zero-order valence-corrected chi connectivity index (χ0v) is 6.71. The van der Waals surface area contributed by atoms with E-state index in [4.69, 9.17) is 0 Å². The topological polar surface area (TPSA) is 43.4 Å². The van der Waals surface area contributed by atoms with E-state index in [2.05, 4.69) is 4.74 Å². The average Bonchev–Trinajstić information content (AvgIpc) is 2.65. The van der Waals surface area contributed by atoms with Crippen molar-refractivity contribution in [2.45, 2.75) is 25.7 Å². The molecule has 1 saturated heterocycles. The summed E-state index contributed by atoms with van der Waals surface area (Å²) in [5.74, 6) is 0.0373. The summed E-state index contributed by atoms with van der Waals surface area (Å²) in [7, 11) is 0. The number of carbonyl (C=O) groups is 2. The van der Waals surface area contributed by atoms with Gasteiger partial charge >= 0.3 is 11.9 Å². The van der Waals surface area contributed by atoms with E-state index in [9.17, 15) is 9.59 Å². The summed E-state index contributed by atoms with van der Waals surface area (Å²) in [4.78, 5) is 22.6. The van der Waals surface area contributed by atoms with Crippen molar-refractivity contribution < 1.29 is 14.3 Å². The molecule has 0 radical (unpaired) electrons. The van der Waals surface area contributed by atoms with Crippen LogP contribution in [0.3, 0.4) is 0 Å². The van der Waals surface area contributed by atoms with Gasteiger partial charge in [0.25, 0.3) is 0 Å². The second kappa shape index (κ2) is 1.73. The summed E-state index contributed by atoms with van der Waals surface area (Å²) in [6.07, 6.45) is 3.79. The maximum atomic E-state index is 11.4. The van der Waals surface area contributed by atoms with Crippen LogP contribution in [0.25, 0.3) is 0 Å². The minimum absolute atomic E-state index is 0.0799. The normalized spacial score (nSPS) is 49.7. The Hall–Kier alpha value is -0.860. The third-order valence-electron chi connectivity index (χ3n) is 3.77. The zero-order chi connectivity index (χ0) is 8.34. The van der Waals surface area contributed by atoms with Gasteiger partial charge in [-0.2, -0.15) is 0 Å². The summed E-state index contributed by atoms with van der Waals surface area (Å²) in [6.45, 7) is 0. The fraction of sp³-hybridized carbons (Fsp3) is 0.778. The summed E-state index contributed by atoms with van der Waals surface area (Å²) < 4.78 is 4.67. The summed E-state index contributed by atoms with van der Waals surface area (Å²) in [5.41, 5.74) is -0.359. The Morgan fingerprint density at radius 1 is 1.42 bits per heavy atom. The second-order valence-corrected chi connectivity index (χ2v) is 4.26. The summed E-state index contributed by atoms with van der Waals surface area (Å²) in [5, 5.41) is 0. The van der Waals surface area contributed by atoms with E-state index in [0.717, 1.165) is 25.7 Å². The first kappa shape index (κ1) is 6.63. The van der Waals surface area contributed by atoms with Crippen molar-refractivity contribution in [1.29, 1.82) is 0 Å². The van der Waals surface area contributed by atoms with E-state index in [1.807, 2.05) is 0 Å². The van der Waals surface area contributed by atoms with Crippen molar-refractivity contribution in [1.82, 2.24) is 0 Å². The van der Waals surface area contributed by atoms with Crippen molar-refractivity contribution in [2.24, 2.45) is 17.3 Å². The molecule has 3 nitrogen and oxygen atoms in total. The number of fused-ring (bicyclic) bond motifs is 1. The largest absolute Gasteiger partial charge is 0.392 e. The second-order valence-electron chi connectivity index (χ2n) is 4.26. The standard InChI is InChI=1S/C9H10O3/c10-7-6-3-5-1-2-9(6,4-5)8(11)12-7/h5-6H,1-4H2. The van der Waals surface area contributed by atoms with Crippen LogP contribution in [-0.2, 0) is 14.3 Å². The van der Waals surface area contributed by atoms with Crippen LogP contribution < -0.4 is 0 Å². The van der Waals surface area contributed by atoms with Crippen molar-refractivity contribution >= 4 is 11.9 Å². The van der Waals surface area contributed by atoms with Gasteiger partial charge in [0.1, 0.15) is 0 Å². The lowest BCUT2D eigenvalue weighted by Gasteiger charge is -2.20. The molecule has 3 unspecified atom stereocenters. The molecular formula is C9H10O3. The highest BCUT2D eigenvalue weighted by molar-refractivity contribution is 6.00. The number of ether oxygens (including phenoxy) is 1. The SMILES string of the molecule is O=C1OC(=O)C23CCC(CC12)C3. The van der Waals surface area contributed by atoms with Gasteiger partial charge in [0.05, 0.1) is 11.3 Å². The number of cyclic esters (lactones) is 2. The maximum absolute atomic E-state index is 11.4. The van der Waals surface area contributed by atoms with Crippen molar-refractivity contribution in [3.8, 4) is 0 Å². The Kier molecular flexibility index (Phi) is 0.955. The molecule has 3 rings (SSSR count). The van der Waals surface area contributed by atoms with E-state index in [1.165, 1.54) is 0 Å². The number of rotatable bonds is 0. The molecule has 1 spiro atoms. The van der Waals surface area contributed by atoms with Crippen LogP contribution in [0, 0.1) is 17.3 Å². The third kappa shape index (κ3) is 0.520. The Morgan fingerprint density at radius 2 is 2.25 bits per heavy atom. The van der Waals surface area contributed by atoms with Gasteiger partial charge in [-0.3, -0.25) is 9.59 Å². The minimum Gasteiger partial charge on any atom is -0.392 e. The number of carbonyl (C=O) groups excluding carboxylic acids is 2. The minimum atomic E-state index is -0.359. The molecule has 1 aliphatic heterocycles. The average molecular weight is 166 g/mol. The van der Waals surface area contributed by atoms with Crippen LogP contribution >= 0.6 is 0 Å². The van der Waals surface area contributed by atoms with Crippen LogP contribution in [0.4, 0.5) is 0 Å². The number of esters is 2. The first-order valence-electron chi connectivity index (χ1n) is 4.48. The summed E-state index contributed by atoms with van der Waals surface area (Å²) >= 11 is 0. The van der Waals surface area contributed by atoms with E-state index < -0.39 is 0 Å². The molecule has 12 heavy (non-hydrogen) atoms. The Morgan fingerprint density at radius 3 is 2.92 bits per heavy atom. The molecule has 3 aliphatic rings. The predicted molar refractivity (Wildman–Crippen MR) is 39.0 cm³/mol. The third-order valence-corrected chi connectivity index (χ3v) is 3.77. The smallest absolute Gasteiger partial charge is 0.320 e. The van der Waals surface area contributed by atoms with E-state index >= 15 is 0 Å². The fourth-order valence-electron chi connectivity index (χ4n) is 3.17. The first-order valence-corrected chi connectivity index (χ1v) is 4.48. The van der Waals surface area contributed by atoms with Gasteiger partial charge in [-0.15, -0.1) is 0 Å². The van der Waals surface area contributed by atoms with Gasteiger partial charge < -0.3 is 4.74 Å². The molecule has 0 aromatic carbocycles. The van der Waals surface area contributed by atoms with Crippen molar-refractivity contribution in [3.63, 3.8) is 0 Å². The van der Waals surface area contributed by atoms with E-state index in [-0.39, 0.29) is 23.3 Å². The molecule has 0 amide bonds. The molecule has 3 heteroatoms. The van der Waals surface area contributed by atoms with Crippen LogP contribution in [-0.4, -0.2) is 11.9 Å². The van der Waals surface area contributed by atoms with Gasteiger partial charge in [0.2, 0.25) is 0 Å². The Labute approximate surface area is 70.1 Å². The van der Waals surface area contributed by atoms with Crippen LogP contribution in [0.5, 0.6) is 0 Å². The molecular weight excluding hydrogens is 156 g/mol. The Bertz CT molecular complexity index is 283. The molecule has 2 bridgehead atoms. The van der Waals surface area contributed by atoms with Gasteiger partial charge in [0, 0.05) is 0 Å². The lowest BCUT2D eigenvalue weighted by atomic mass is 9.77. The van der Waals surface area contributed by atoms with Crippen molar-refractivity contribution in [3.05, 3.63) is 0 Å². The first-order chi connectivity index (χ1) is 5.72. The molecule has 1 heterocycles. The predicted octanol–water partition coefficient (Wildman–Crippen LogP) is 0.876. The van der Waals surface area contributed by atoms with Crippen LogP contribution in [0.2, 0.25) is 0 Å². The highest BCUT2D eigenvalue weighted by Crippen LogP contribution is 2.61. The zero-order valence-electron chi connectivity index (χ0n) is 6.71. The monoisotopic (exact) mass is 166 g/mol. The molecule has 2 aliphatic carbocycles. The molecule has 2 saturated carbocycles. The van der Waals surface area contributed by atoms with Gasteiger partial charge in [-0.1, -0.05) is 0 Å². The molecule has 3 fully saturated rings. The van der Waals surface area contributed by atoms with Crippen LogP contribution in [0.15, 0.2) is 0 Å². The van der Waals surface area contributed by atoms with E-state index in [1.54, 1.807) is 0 Å². The highest BCUT2D eigenvalue weighted by Gasteiger charge is 2.65. The molecule has 64 valence electrons. The Balaban J connectivity index is 2.10.